The summed E-state index contributed by atoms with van der Waals surface area (Å²) in [5.41, 5.74) is 4.44. The maximum absolute atomic E-state index is 13.4. The van der Waals surface area contributed by atoms with Gasteiger partial charge in [-0.3, -0.25) is 9.69 Å². The molecule has 2 aromatic carbocycles. The highest BCUT2D eigenvalue weighted by Gasteiger charge is 2.28. The molecule has 2 aliphatic rings. The molecule has 2 heterocycles. The second kappa shape index (κ2) is 8.58. The molecule has 7 heteroatoms. The van der Waals surface area contributed by atoms with E-state index in [1.165, 1.54) is 17.3 Å². The molecule has 1 aliphatic heterocycles. The van der Waals surface area contributed by atoms with E-state index in [1.54, 1.807) is 16.7 Å². The Labute approximate surface area is 194 Å². The number of aromatic nitrogens is 1. The number of anilines is 2. The van der Waals surface area contributed by atoms with Crippen molar-refractivity contribution < 1.29 is 4.79 Å². The summed E-state index contributed by atoms with van der Waals surface area (Å²) in [5, 5.41) is 10.8. The standard InChI is InChI=1S/C24H18ClN3OS2/c25-17-9-10-22-20(12-17)28(19-7-3-4-8-21(19)31-22)23(29)14-30-24-16(13-26)11-15-5-1-2-6-18(15)27-24/h3-4,7-12H,1-2,5-6,14H2. The Morgan fingerprint density at radius 2 is 1.94 bits per heavy atom. The monoisotopic (exact) mass is 463 g/mol. The van der Waals surface area contributed by atoms with Crippen molar-refractivity contribution in [2.24, 2.45) is 0 Å². The van der Waals surface area contributed by atoms with E-state index < -0.39 is 0 Å². The SMILES string of the molecule is N#Cc1cc2c(nc1SCC(=O)N1c3ccccc3Sc3ccc(Cl)cc31)CCCC2. The van der Waals surface area contributed by atoms with Crippen LogP contribution in [-0.4, -0.2) is 16.6 Å². The molecular formula is C24H18ClN3OS2. The Morgan fingerprint density at radius 3 is 2.81 bits per heavy atom. The van der Waals surface area contributed by atoms with Gasteiger partial charge in [-0.15, -0.1) is 0 Å². The normalized spacial score (nSPS) is 14.3. The highest BCUT2D eigenvalue weighted by Crippen LogP contribution is 2.49. The average molecular weight is 464 g/mol. The second-order valence-corrected chi connectivity index (χ2v) is 9.95. The van der Waals surface area contributed by atoms with E-state index >= 15 is 0 Å². The van der Waals surface area contributed by atoms with Crippen molar-refractivity contribution in [3.63, 3.8) is 0 Å². The zero-order valence-corrected chi connectivity index (χ0v) is 19.0. The Morgan fingerprint density at radius 1 is 1.13 bits per heavy atom. The number of pyridine rings is 1. The van der Waals surface area contributed by atoms with Crippen LogP contribution in [0.4, 0.5) is 11.4 Å². The topological polar surface area (TPSA) is 57.0 Å². The number of carbonyl (C=O) groups is 1. The smallest absolute Gasteiger partial charge is 0.242 e. The molecule has 0 N–H and O–H groups in total. The lowest BCUT2D eigenvalue weighted by molar-refractivity contribution is -0.115. The molecule has 0 spiro atoms. The Hall–Kier alpha value is -2.46. The molecule has 1 amide bonds. The summed E-state index contributed by atoms with van der Waals surface area (Å²) in [4.78, 5) is 21.9. The predicted molar refractivity (Wildman–Crippen MR) is 125 cm³/mol. The van der Waals surface area contributed by atoms with Crippen LogP contribution in [0.5, 0.6) is 0 Å². The molecule has 154 valence electrons. The summed E-state index contributed by atoms with van der Waals surface area (Å²) in [7, 11) is 0. The van der Waals surface area contributed by atoms with Gasteiger partial charge < -0.3 is 0 Å². The number of nitrogens with zero attached hydrogens (tertiary/aromatic N) is 3. The molecule has 0 unspecified atom stereocenters. The number of hydrogen-bond acceptors (Lipinski definition) is 5. The van der Waals surface area contributed by atoms with E-state index in [1.807, 2.05) is 48.5 Å². The van der Waals surface area contributed by atoms with Crippen LogP contribution in [0.3, 0.4) is 0 Å². The maximum atomic E-state index is 13.4. The van der Waals surface area contributed by atoms with Crippen molar-refractivity contribution in [3.8, 4) is 6.07 Å². The third-order valence-electron chi connectivity index (χ3n) is 5.46. The van der Waals surface area contributed by atoms with Gasteiger partial charge in [-0.25, -0.2) is 4.98 Å². The van der Waals surface area contributed by atoms with Crippen molar-refractivity contribution in [1.29, 1.82) is 5.26 Å². The molecule has 4 nitrogen and oxygen atoms in total. The van der Waals surface area contributed by atoms with Gasteiger partial charge in [0.15, 0.2) is 0 Å². The summed E-state index contributed by atoms with van der Waals surface area (Å²) >= 11 is 9.22. The number of halogens is 1. The van der Waals surface area contributed by atoms with Crippen LogP contribution in [-0.2, 0) is 17.6 Å². The van der Waals surface area contributed by atoms with E-state index in [2.05, 4.69) is 6.07 Å². The molecule has 3 aromatic rings. The van der Waals surface area contributed by atoms with Crippen LogP contribution in [0.1, 0.15) is 29.7 Å². The van der Waals surface area contributed by atoms with E-state index in [9.17, 15) is 10.1 Å². The molecule has 5 rings (SSSR count). The highest BCUT2D eigenvalue weighted by molar-refractivity contribution is 8.00. The third kappa shape index (κ3) is 3.94. The molecule has 0 saturated heterocycles. The largest absolute Gasteiger partial charge is 0.278 e. The average Bonchev–Trinajstić information content (AvgIpc) is 2.80. The molecule has 1 aliphatic carbocycles. The fourth-order valence-electron chi connectivity index (χ4n) is 4.00. The first-order valence-corrected chi connectivity index (χ1v) is 12.3. The van der Waals surface area contributed by atoms with Crippen LogP contribution < -0.4 is 4.90 Å². The lowest BCUT2D eigenvalue weighted by atomic mass is 9.95. The minimum atomic E-state index is -0.0651. The van der Waals surface area contributed by atoms with Crippen LogP contribution in [0.25, 0.3) is 0 Å². The molecule has 0 saturated carbocycles. The number of aryl methyl sites for hydroxylation is 2. The van der Waals surface area contributed by atoms with Crippen LogP contribution in [0.2, 0.25) is 5.02 Å². The number of rotatable bonds is 3. The summed E-state index contributed by atoms with van der Waals surface area (Å²) in [6, 6.07) is 17.7. The number of fused-ring (bicyclic) bond motifs is 3. The Kier molecular flexibility index (Phi) is 5.66. The van der Waals surface area contributed by atoms with Gasteiger partial charge in [-0.2, -0.15) is 5.26 Å². The van der Waals surface area contributed by atoms with Gasteiger partial charge in [0.05, 0.1) is 22.7 Å². The first kappa shape index (κ1) is 20.4. The van der Waals surface area contributed by atoms with Gasteiger partial charge in [-0.05, 0) is 67.6 Å². The number of hydrogen-bond donors (Lipinski definition) is 0. The summed E-state index contributed by atoms with van der Waals surface area (Å²) < 4.78 is 0. The number of amides is 1. The minimum absolute atomic E-state index is 0.0651. The van der Waals surface area contributed by atoms with Crippen molar-refractivity contribution in [1.82, 2.24) is 4.98 Å². The van der Waals surface area contributed by atoms with Crippen LogP contribution in [0.15, 0.2) is 63.3 Å². The fraction of sp³-hybridized carbons (Fsp3) is 0.208. The number of para-hydroxylation sites is 1. The van der Waals surface area contributed by atoms with E-state index in [-0.39, 0.29) is 11.7 Å². The second-order valence-electron chi connectivity index (χ2n) is 7.47. The van der Waals surface area contributed by atoms with E-state index in [4.69, 9.17) is 16.6 Å². The molecule has 0 atom stereocenters. The molecule has 1 aromatic heterocycles. The zero-order valence-electron chi connectivity index (χ0n) is 16.6. The predicted octanol–water partition coefficient (Wildman–Crippen LogP) is 6.41. The van der Waals surface area contributed by atoms with Crippen molar-refractivity contribution >= 4 is 52.4 Å². The van der Waals surface area contributed by atoms with Gasteiger partial charge in [0.2, 0.25) is 5.91 Å². The van der Waals surface area contributed by atoms with Crippen LogP contribution >= 0.6 is 35.1 Å². The highest BCUT2D eigenvalue weighted by atomic mass is 35.5. The summed E-state index contributed by atoms with van der Waals surface area (Å²) in [6.45, 7) is 0. The van der Waals surface area contributed by atoms with Gasteiger partial charge in [0.25, 0.3) is 0 Å². The zero-order chi connectivity index (χ0) is 21.4. The summed E-state index contributed by atoms with van der Waals surface area (Å²) in [6.07, 6.45) is 4.17. The Bertz CT molecular complexity index is 1240. The lowest BCUT2D eigenvalue weighted by Crippen LogP contribution is -2.30. The van der Waals surface area contributed by atoms with Crippen molar-refractivity contribution in [3.05, 3.63) is 70.4 Å². The van der Waals surface area contributed by atoms with Crippen molar-refractivity contribution in [2.75, 3.05) is 10.7 Å². The minimum Gasteiger partial charge on any atom is -0.278 e. The lowest BCUT2D eigenvalue weighted by Gasteiger charge is -2.31. The Balaban J connectivity index is 1.46. The first-order valence-electron chi connectivity index (χ1n) is 10.1. The molecular weight excluding hydrogens is 446 g/mol. The van der Waals surface area contributed by atoms with Gasteiger partial charge in [0, 0.05) is 20.5 Å². The molecule has 0 fully saturated rings. The van der Waals surface area contributed by atoms with Gasteiger partial charge in [-0.1, -0.05) is 47.3 Å². The third-order valence-corrected chi connectivity index (χ3v) is 7.80. The quantitative estimate of drug-likeness (QED) is 0.420. The van der Waals surface area contributed by atoms with Crippen LogP contribution in [0, 0.1) is 11.3 Å². The van der Waals surface area contributed by atoms with Crippen molar-refractivity contribution in [2.45, 2.75) is 40.5 Å². The van der Waals surface area contributed by atoms with Gasteiger partial charge in [0.1, 0.15) is 11.1 Å². The summed E-state index contributed by atoms with van der Waals surface area (Å²) in [5.74, 6) is 0.121. The molecule has 31 heavy (non-hydrogen) atoms. The number of nitriles is 1. The van der Waals surface area contributed by atoms with E-state index in [0.717, 1.165) is 52.5 Å². The number of benzene rings is 2. The van der Waals surface area contributed by atoms with Gasteiger partial charge >= 0.3 is 0 Å². The number of carbonyl (C=O) groups excluding carboxylic acids is 1. The molecule has 0 radical (unpaired) electrons. The fourth-order valence-corrected chi connectivity index (χ4v) is 6.02. The number of thioether (sulfide) groups is 1. The first-order chi connectivity index (χ1) is 15.1. The maximum Gasteiger partial charge on any atom is 0.242 e. The van der Waals surface area contributed by atoms with E-state index in [0.29, 0.717) is 15.6 Å². The molecule has 0 bridgehead atoms.